The second kappa shape index (κ2) is 6.28. The van der Waals surface area contributed by atoms with E-state index in [2.05, 4.69) is 32.0 Å². The number of sulfonamides is 1. The molecular weight excluding hydrogens is 386 g/mol. The monoisotopic (exact) mass is 405 g/mol. The van der Waals surface area contributed by atoms with Crippen molar-refractivity contribution in [2.75, 3.05) is 0 Å². The van der Waals surface area contributed by atoms with E-state index in [9.17, 15) is 8.42 Å². The Morgan fingerprint density at radius 3 is 2.05 bits per heavy atom. The van der Waals surface area contributed by atoms with Gasteiger partial charge in [0, 0.05) is 0 Å². The molecule has 5 heteroatoms. The molecule has 0 aliphatic heterocycles. The third kappa shape index (κ3) is 3.83. The van der Waals surface area contributed by atoms with Gasteiger partial charge in [-0.15, -0.1) is 0 Å². The Bertz CT molecular complexity index is 689. The summed E-state index contributed by atoms with van der Waals surface area (Å²) >= 11 is -0.309. The van der Waals surface area contributed by atoms with Gasteiger partial charge < -0.3 is 0 Å². The van der Waals surface area contributed by atoms with Crippen LogP contribution < -0.4 is 8.75 Å². The van der Waals surface area contributed by atoms with Crippen LogP contribution in [0.3, 0.4) is 0 Å². The molecule has 0 saturated heterocycles. The number of benzene rings is 2. The van der Waals surface area contributed by atoms with E-state index in [1.807, 2.05) is 12.1 Å². The van der Waals surface area contributed by atoms with Gasteiger partial charge in [-0.05, 0) is 0 Å². The first kappa shape index (κ1) is 15.5. The number of rotatable bonds is 4. The molecule has 2 N–H and O–H groups in total. The first-order valence-corrected chi connectivity index (χ1v) is 10.5. The standard InChI is InChI=1S/C15H17NO2STe/c1-11-4-3-5-12(2)15(11)20-10-13-6-8-14(9-7-13)19(16,17)18/h3-9H,10H2,1-2H3,(H2,16,17,18). The Morgan fingerprint density at radius 1 is 1.00 bits per heavy atom. The first-order valence-electron chi connectivity index (χ1n) is 6.18. The van der Waals surface area contributed by atoms with Crippen molar-refractivity contribution in [2.45, 2.75) is 23.2 Å². The summed E-state index contributed by atoms with van der Waals surface area (Å²) in [4.78, 5) is 0.175. The topological polar surface area (TPSA) is 60.2 Å². The van der Waals surface area contributed by atoms with Crippen molar-refractivity contribution in [2.24, 2.45) is 5.14 Å². The van der Waals surface area contributed by atoms with Crippen molar-refractivity contribution in [3.8, 4) is 0 Å². The zero-order chi connectivity index (χ0) is 14.8. The predicted molar refractivity (Wildman–Crippen MR) is 82.8 cm³/mol. The van der Waals surface area contributed by atoms with Crippen LogP contribution >= 0.6 is 0 Å². The van der Waals surface area contributed by atoms with Gasteiger partial charge in [0.15, 0.2) is 0 Å². The molecule has 3 nitrogen and oxygen atoms in total. The van der Waals surface area contributed by atoms with Crippen LogP contribution in [-0.2, 0) is 14.5 Å². The van der Waals surface area contributed by atoms with Crippen LogP contribution in [0.4, 0.5) is 0 Å². The first-order chi connectivity index (χ1) is 9.38. The van der Waals surface area contributed by atoms with Crippen LogP contribution in [0, 0.1) is 13.8 Å². The number of primary sulfonamides is 1. The van der Waals surface area contributed by atoms with Crippen LogP contribution in [0.25, 0.3) is 0 Å². The van der Waals surface area contributed by atoms with Gasteiger partial charge in [0.25, 0.3) is 0 Å². The molecule has 0 bridgehead atoms. The van der Waals surface area contributed by atoms with Crippen molar-refractivity contribution in [3.63, 3.8) is 0 Å². The summed E-state index contributed by atoms with van der Waals surface area (Å²) in [5, 5.41) is 5.09. The second-order valence-electron chi connectivity index (χ2n) is 4.70. The van der Waals surface area contributed by atoms with Gasteiger partial charge in [0.2, 0.25) is 0 Å². The summed E-state index contributed by atoms with van der Waals surface area (Å²) in [6, 6.07) is 13.3. The second-order valence-corrected chi connectivity index (χ2v) is 9.07. The number of hydrogen-bond acceptors (Lipinski definition) is 2. The van der Waals surface area contributed by atoms with Crippen LogP contribution in [0.1, 0.15) is 16.7 Å². The Labute approximate surface area is 130 Å². The van der Waals surface area contributed by atoms with Crippen LogP contribution in [0.15, 0.2) is 47.4 Å². The summed E-state index contributed by atoms with van der Waals surface area (Å²) in [7, 11) is -3.59. The molecule has 2 aromatic carbocycles. The molecule has 0 saturated carbocycles. The van der Waals surface area contributed by atoms with Crippen LogP contribution in [-0.4, -0.2) is 29.3 Å². The van der Waals surface area contributed by atoms with Gasteiger partial charge >= 0.3 is 130 Å². The molecule has 0 aliphatic carbocycles. The molecular formula is C15H17NO2STe. The van der Waals surface area contributed by atoms with Crippen LogP contribution in [0.5, 0.6) is 0 Å². The van der Waals surface area contributed by atoms with Crippen molar-refractivity contribution < 1.29 is 8.42 Å². The van der Waals surface area contributed by atoms with E-state index in [1.165, 1.54) is 20.3 Å². The molecule has 0 unspecified atom stereocenters. The van der Waals surface area contributed by atoms with Crippen molar-refractivity contribution in [3.05, 3.63) is 59.2 Å². The maximum absolute atomic E-state index is 11.2. The molecule has 0 aromatic heterocycles. The summed E-state index contributed by atoms with van der Waals surface area (Å²) in [6.45, 7) is 4.30. The fourth-order valence-corrected chi connectivity index (χ4v) is 5.60. The molecule has 0 heterocycles. The van der Waals surface area contributed by atoms with Gasteiger partial charge in [0.1, 0.15) is 0 Å². The Morgan fingerprint density at radius 2 is 1.55 bits per heavy atom. The summed E-state index contributed by atoms with van der Waals surface area (Å²) in [5.41, 5.74) is 3.88. The van der Waals surface area contributed by atoms with E-state index in [1.54, 1.807) is 12.1 Å². The zero-order valence-corrected chi connectivity index (χ0v) is 14.6. The molecule has 2 aromatic rings. The molecule has 2 rings (SSSR count). The van der Waals surface area contributed by atoms with Crippen LogP contribution in [0.2, 0.25) is 0 Å². The van der Waals surface area contributed by atoms with Gasteiger partial charge in [0.05, 0.1) is 0 Å². The molecule has 106 valence electrons. The molecule has 0 aliphatic rings. The average molecular weight is 403 g/mol. The third-order valence-corrected chi connectivity index (χ3v) is 8.00. The van der Waals surface area contributed by atoms with E-state index < -0.39 is 10.0 Å². The predicted octanol–water partition coefficient (Wildman–Crippen LogP) is 1.48. The zero-order valence-electron chi connectivity index (χ0n) is 11.5. The van der Waals surface area contributed by atoms with E-state index >= 15 is 0 Å². The molecule has 0 fully saturated rings. The normalized spacial score (nSPS) is 11.6. The Hall–Kier alpha value is -0.860. The molecule has 0 atom stereocenters. The van der Waals surface area contributed by atoms with Gasteiger partial charge in [-0.1, -0.05) is 0 Å². The SMILES string of the molecule is Cc1cccc(C)c1[Te]Cc1ccc(S(N)(=O)=O)cc1. The van der Waals surface area contributed by atoms with E-state index in [4.69, 9.17) is 5.14 Å². The van der Waals surface area contributed by atoms with E-state index in [-0.39, 0.29) is 25.8 Å². The molecule has 0 spiro atoms. The van der Waals surface area contributed by atoms with Gasteiger partial charge in [-0.3, -0.25) is 0 Å². The molecule has 20 heavy (non-hydrogen) atoms. The van der Waals surface area contributed by atoms with E-state index in [0.717, 1.165) is 4.47 Å². The maximum atomic E-state index is 11.2. The van der Waals surface area contributed by atoms with Gasteiger partial charge in [-0.2, -0.15) is 0 Å². The number of nitrogens with two attached hydrogens (primary N) is 1. The van der Waals surface area contributed by atoms with Gasteiger partial charge in [-0.25, -0.2) is 0 Å². The fraction of sp³-hybridized carbons (Fsp3) is 0.200. The minimum atomic E-state index is -3.59. The molecule has 0 amide bonds. The quantitative estimate of drug-likeness (QED) is 0.787. The average Bonchev–Trinajstić information content (AvgIpc) is 2.37. The Kier molecular flexibility index (Phi) is 4.87. The minimum absolute atomic E-state index is 0.175. The fourth-order valence-electron chi connectivity index (χ4n) is 1.96. The number of hydrogen-bond donors (Lipinski definition) is 1. The summed E-state index contributed by atoms with van der Waals surface area (Å²) < 4.78 is 24.9. The van der Waals surface area contributed by atoms with Crippen molar-refractivity contribution in [1.82, 2.24) is 0 Å². The third-order valence-electron chi connectivity index (χ3n) is 3.04. The van der Waals surface area contributed by atoms with E-state index in [0.29, 0.717) is 0 Å². The number of aryl methyl sites for hydroxylation is 2. The molecule has 0 radical (unpaired) electrons. The Balaban J connectivity index is 2.12. The van der Waals surface area contributed by atoms with Crippen molar-refractivity contribution >= 4 is 34.6 Å². The van der Waals surface area contributed by atoms with Crippen molar-refractivity contribution in [1.29, 1.82) is 0 Å². The summed E-state index contributed by atoms with van der Waals surface area (Å²) in [6.07, 6.45) is 0. The summed E-state index contributed by atoms with van der Waals surface area (Å²) in [5.74, 6) is 0.